The molecular weight excluding hydrogens is 148 g/mol. The van der Waals surface area contributed by atoms with Crippen LogP contribution in [0.1, 0.15) is 40.0 Å². The highest BCUT2D eigenvalue weighted by Gasteiger charge is 2.08. The first kappa shape index (κ1) is 11.9. The summed E-state index contributed by atoms with van der Waals surface area (Å²) in [6.07, 6.45) is 3.69. The van der Waals surface area contributed by atoms with Gasteiger partial charge in [0, 0.05) is 12.6 Å². The number of hydrogen-bond acceptors (Lipinski definition) is 2. The van der Waals surface area contributed by atoms with Crippen molar-refractivity contribution in [2.75, 3.05) is 13.1 Å². The maximum atomic E-state index is 5.95. The zero-order valence-corrected chi connectivity index (χ0v) is 8.77. The van der Waals surface area contributed by atoms with Crippen LogP contribution >= 0.6 is 0 Å². The summed E-state index contributed by atoms with van der Waals surface area (Å²) in [5, 5.41) is 3.38. The highest BCUT2D eigenvalue weighted by Crippen LogP contribution is 2.03. The van der Waals surface area contributed by atoms with Crippen molar-refractivity contribution in [1.82, 2.24) is 5.32 Å². The van der Waals surface area contributed by atoms with Gasteiger partial charge in [0.1, 0.15) is 0 Å². The molecule has 0 fully saturated rings. The lowest BCUT2D eigenvalue weighted by atomic mass is 10.0. The van der Waals surface area contributed by atoms with Crippen molar-refractivity contribution >= 4 is 0 Å². The monoisotopic (exact) mass is 172 g/mol. The van der Waals surface area contributed by atoms with Crippen molar-refractivity contribution in [3.8, 4) is 0 Å². The Morgan fingerprint density at radius 3 is 2.50 bits per heavy atom. The van der Waals surface area contributed by atoms with E-state index < -0.39 is 0 Å². The maximum Gasteiger partial charge on any atom is 0.0191 e. The van der Waals surface area contributed by atoms with Crippen LogP contribution in [-0.2, 0) is 0 Å². The van der Waals surface area contributed by atoms with Crippen LogP contribution in [0.5, 0.6) is 0 Å². The number of rotatable bonds is 7. The van der Waals surface area contributed by atoms with E-state index in [1.54, 1.807) is 0 Å². The van der Waals surface area contributed by atoms with Crippen molar-refractivity contribution < 1.29 is 0 Å². The first-order valence-electron chi connectivity index (χ1n) is 5.18. The smallest absolute Gasteiger partial charge is 0.0191 e. The van der Waals surface area contributed by atoms with E-state index in [1.165, 1.54) is 19.3 Å². The van der Waals surface area contributed by atoms with Crippen LogP contribution in [0.25, 0.3) is 0 Å². The summed E-state index contributed by atoms with van der Waals surface area (Å²) in [5.41, 5.74) is 5.95. The summed E-state index contributed by atoms with van der Waals surface area (Å²) in [4.78, 5) is 0. The fourth-order valence-electron chi connectivity index (χ4n) is 1.07. The van der Waals surface area contributed by atoms with Crippen molar-refractivity contribution in [2.45, 2.75) is 46.1 Å². The molecule has 0 saturated heterocycles. The third kappa shape index (κ3) is 5.56. The Kier molecular flexibility index (Phi) is 7.51. The molecule has 0 radical (unpaired) electrons. The van der Waals surface area contributed by atoms with E-state index in [4.69, 9.17) is 5.73 Å². The lowest BCUT2D eigenvalue weighted by Gasteiger charge is -2.18. The minimum Gasteiger partial charge on any atom is -0.326 e. The van der Waals surface area contributed by atoms with Gasteiger partial charge < -0.3 is 11.1 Å². The highest BCUT2D eigenvalue weighted by atomic mass is 14.9. The Hall–Kier alpha value is -0.0800. The molecule has 0 rings (SSSR count). The fourth-order valence-corrected chi connectivity index (χ4v) is 1.07. The maximum absolute atomic E-state index is 5.95. The quantitative estimate of drug-likeness (QED) is 0.574. The minimum atomic E-state index is 0.326. The van der Waals surface area contributed by atoms with E-state index in [0.29, 0.717) is 12.0 Å². The Bertz CT molecular complexity index is 93.8. The Morgan fingerprint density at radius 2 is 2.00 bits per heavy atom. The molecule has 3 N–H and O–H groups in total. The summed E-state index contributed by atoms with van der Waals surface area (Å²) in [5.74, 6) is 0.638. The molecule has 0 spiro atoms. The van der Waals surface area contributed by atoms with Crippen LogP contribution in [0.2, 0.25) is 0 Å². The normalized spacial score (nSPS) is 16.0. The fraction of sp³-hybridized carbons (Fsp3) is 1.00. The van der Waals surface area contributed by atoms with E-state index >= 15 is 0 Å². The van der Waals surface area contributed by atoms with Crippen LogP contribution in [0.15, 0.2) is 0 Å². The van der Waals surface area contributed by atoms with E-state index in [-0.39, 0.29) is 0 Å². The Balaban J connectivity index is 3.24. The molecule has 0 aromatic carbocycles. The molecule has 0 heterocycles. The average molecular weight is 172 g/mol. The number of unbranched alkanes of at least 4 members (excludes halogenated alkanes) is 1. The number of hydrogen-bond donors (Lipinski definition) is 2. The zero-order chi connectivity index (χ0) is 9.40. The van der Waals surface area contributed by atoms with Gasteiger partial charge in [-0.1, -0.05) is 33.6 Å². The van der Waals surface area contributed by atoms with Gasteiger partial charge in [0.2, 0.25) is 0 Å². The second-order valence-corrected chi connectivity index (χ2v) is 3.61. The van der Waals surface area contributed by atoms with E-state index in [2.05, 4.69) is 26.1 Å². The lowest BCUT2D eigenvalue weighted by molar-refractivity contribution is 0.417. The lowest BCUT2D eigenvalue weighted by Crippen LogP contribution is -2.38. The van der Waals surface area contributed by atoms with Gasteiger partial charge in [-0.15, -0.1) is 0 Å². The molecule has 12 heavy (non-hydrogen) atoms. The molecule has 0 bridgehead atoms. The van der Waals surface area contributed by atoms with Gasteiger partial charge in [0.05, 0.1) is 0 Å². The van der Waals surface area contributed by atoms with Crippen molar-refractivity contribution in [2.24, 2.45) is 11.7 Å². The number of nitrogens with one attached hydrogen (secondary N) is 1. The molecule has 0 unspecified atom stereocenters. The first-order valence-corrected chi connectivity index (χ1v) is 5.18. The zero-order valence-electron chi connectivity index (χ0n) is 8.77. The van der Waals surface area contributed by atoms with Crippen LogP contribution < -0.4 is 11.1 Å². The molecule has 2 atom stereocenters. The predicted molar refractivity (Wildman–Crippen MR) is 55.2 cm³/mol. The average Bonchev–Trinajstić information content (AvgIpc) is 2.10. The number of nitrogens with two attached hydrogens (primary N) is 1. The first-order chi connectivity index (χ1) is 5.72. The summed E-state index contributed by atoms with van der Waals surface area (Å²) in [6, 6.07) is 0.326. The molecule has 2 heteroatoms. The van der Waals surface area contributed by atoms with Crippen molar-refractivity contribution in [1.29, 1.82) is 0 Å². The molecule has 2 nitrogen and oxygen atoms in total. The molecule has 0 aromatic heterocycles. The summed E-state index contributed by atoms with van der Waals surface area (Å²) in [7, 11) is 0. The van der Waals surface area contributed by atoms with Gasteiger partial charge in [-0.05, 0) is 18.9 Å². The molecule has 0 aliphatic carbocycles. The Morgan fingerprint density at radius 1 is 1.33 bits per heavy atom. The third-order valence-electron chi connectivity index (χ3n) is 2.46. The van der Waals surface area contributed by atoms with Crippen LogP contribution in [0.3, 0.4) is 0 Å². The van der Waals surface area contributed by atoms with E-state index in [0.717, 1.165) is 13.1 Å². The molecule has 74 valence electrons. The molecule has 0 aromatic rings. The SMILES string of the molecule is CCCCNC[C@@H](N)[C@@H](C)CC. The minimum absolute atomic E-state index is 0.326. The molecular formula is C10H24N2. The molecule has 0 aliphatic heterocycles. The van der Waals surface area contributed by atoms with Gasteiger partial charge in [0.15, 0.2) is 0 Å². The van der Waals surface area contributed by atoms with E-state index in [1.807, 2.05) is 0 Å². The van der Waals surface area contributed by atoms with Crippen LogP contribution in [0, 0.1) is 5.92 Å². The molecule has 0 amide bonds. The van der Waals surface area contributed by atoms with Crippen molar-refractivity contribution in [3.05, 3.63) is 0 Å². The second-order valence-electron chi connectivity index (χ2n) is 3.61. The Labute approximate surface area is 76.9 Å². The molecule has 0 aliphatic rings. The predicted octanol–water partition coefficient (Wildman–Crippen LogP) is 1.75. The highest BCUT2D eigenvalue weighted by molar-refractivity contribution is 4.70. The van der Waals surface area contributed by atoms with Gasteiger partial charge in [-0.2, -0.15) is 0 Å². The van der Waals surface area contributed by atoms with Gasteiger partial charge in [-0.3, -0.25) is 0 Å². The van der Waals surface area contributed by atoms with Crippen molar-refractivity contribution in [3.63, 3.8) is 0 Å². The summed E-state index contributed by atoms with van der Waals surface area (Å²) >= 11 is 0. The van der Waals surface area contributed by atoms with Crippen LogP contribution in [0.4, 0.5) is 0 Å². The summed E-state index contributed by atoms with van der Waals surface area (Å²) < 4.78 is 0. The third-order valence-corrected chi connectivity index (χ3v) is 2.46. The van der Waals surface area contributed by atoms with Gasteiger partial charge in [-0.25, -0.2) is 0 Å². The topological polar surface area (TPSA) is 38.0 Å². The van der Waals surface area contributed by atoms with E-state index in [9.17, 15) is 0 Å². The second kappa shape index (κ2) is 7.56. The van der Waals surface area contributed by atoms with Crippen LogP contribution in [-0.4, -0.2) is 19.1 Å². The standard InChI is InChI=1S/C10H24N2/c1-4-6-7-12-8-10(11)9(3)5-2/h9-10,12H,4-8,11H2,1-3H3/t9-,10+/m0/s1. The largest absolute Gasteiger partial charge is 0.326 e. The molecule has 0 saturated carbocycles. The van der Waals surface area contributed by atoms with Gasteiger partial charge in [0.25, 0.3) is 0 Å². The van der Waals surface area contributed by atoms with Gasteiger partial charge >= 0.3 is 0 Å². The summed E-state index contributed by atoms with van der Waals surface area (Å²) in [6.45, 7) is 8.69.